The minimum absolute atomic E-state index is 0.0570. The Morgan fingerprint density at radius 1 is 1.29 bits per heavy atom. The average Bonchev–Trinajstić information content (AvgIpc) is 3.13. The Kier molecular flexibility index (Phi) is 6.95. The zero-order valence-corrected chi connectivity index (χ0v) is 20.1. The van der Waals surface area contributed by atoms with Gasteiger partial charge < -0.3 is 25.8 Å². The number of hydrogen-bond acceptors (Lipinski definition) is 7. The molecule has 0 aromatic carbocycles. The van der Waals surface area contributed by atoms with Crippen LogP contribution in [0, 0.1) is 11.3 Å². The van der Waals surface area contributed by atoms with Crippen molar-refractivity contribution in [1.82, 2.24) is 25.2 Å². The summed E-state index contributed by atoms with van der Waals surface area (Å²) >= 11 is 0. The minimum Gasteiger partial charge on any atom is -0.391 e. The van der Waals surface area contributed by atoms with E-state index in [4.69, 9.17) is 10.5 Å². The van der Waals surface area contributed by atoms with Crippen molar-refractivity contribution >= 4 is 17.7 Å². The maximum absolute atomic E-state index is 13.7. The van der Waals surface area contributed by atoms with Gasteiger partial charge in [-0.25, -0.2) is 4.68 Å². The standard InChI is InChI=1S/C23H36N6O5/c1-23(2,3)20(29-11-17(26-27-29)14-4-5-14)22(33)28-10-15(30)8-18(28)21(32)25-9-16-6-13(12-34-16)7-19(24)31/h11,13-16,18,20,30H,4-10,12H2,1-3H3,(H2,24,31)(H,25,32)/t13?,15-,16?,18+,20-/m1/s1. The van der Waals surface area contributed by atoms with E-state index in [0.717, 1.165) is 18.5 Å². The number of aliphatic hydroxyl groups is 1. The highest BCUT2D eigenvalue weighted by atomic mass is 16.5. The molecule has 4 rings (SSSR count). The number of likely N-dealkylation sites (tertiary alicyclic amines) is 1. The summed E-state index contributed by atoms with van der Waals surface area (Å²) in [5.74, 6) is -0.470. The number of primary amides is 1. The van der Waals surface area contributed by atoms with Gasteiger partial charge in [0.05, 0.1) is 24.5 Å². The van der Waals surface area contributed by atoms with Crippen molar-refractivity contribution in [2.24, 2.45) is 17.1 Å². The number of hydrogen-bond donors (Lipinski definition) is 3. The van der Waals surface area contributed by atoms with Crippen LogP contribution in [0.15, 0.2) is 6.20 Å². The highest BCUT2D eigenvalue weighted by molar-refractivity contribution is 5.90. The Bertz CT molecular complexity index is 923. The van der Waals surface area contributed by atoms with Crippen molar-refractivity contribution in [2.75, 3.05) is 19.7 Å². The van der Waals surface area contributed by atoms with Gasteiger partial charge in [0.15, 0.2) is 0 Å². The molecule has 1 aromatic heterocycles. The summed E-state index contributed by atoms with van der Waals surface area (Å²) in [5.41, 5.74) is 5.67. The smallest absolute Gasteiger partial charge is 0.248 e. The van der Waals surface area contributed by atoms with E-state index in [9.17, 15) is 19.5 Å². The Hall–Kier alpha value is -2.53. The van der Waals surface area contributed by atoms with Crippen LogP contribution in [0.3, 0.4) is 0 Å². The van der Waals surface area contributed by atoms with Crippen LogP contribution in [0.25, 0.3) is 0 Å². The van der Waals surface area contributed by atoms with Gasteiger partial charge in [0.1, 0.15) is 12.1 Å². The molecule has 2 saturated heterocycles. The lowest BCUT2D eigenvalue weighted by Crippen LogP contribution is -2.51. The number of amides is 3. The van der Waals surface area contributed by atoms with Crippen LogP contribution in [0.4, 0.5) is 0 Å². The van der Waals surface area contributed by atoms with E-state index in [1.165, 1.54) is 4.90 Å². The van der Waals surface area contributed by atoms with Crippen molar-refractivity contribution < 1.29 is 24.2 Å². The van der Waals surface area contributed by atoms with E-state index in [1.54, 1.807) is 4.68 Å². The Morgan fingerprint density at radius 3 is 2.68 bits per heavy atom. The van der Waals surface area contributed by atoms with Crippen LogP contribution < -0.4 is 11.1 Å². The third-order valence-electron chi connectivity index (χ3n) is 6.86. The Labute approximate surface area is 199 Å². The minimum atomic E-state index is -0.777. The molecule has 1 aromatic rings. The molecule has 188 valence electrons. The second-order valence-electron chi connectivity index (χ2n) is 11.0. The predicted octanol–water partition coefficient (Wildman–Crippen LogP) is 0.101. The first kappa shape index (κ1) is 24.6. The fraction of sp³-hybridized carbons (Fsp3) is 0.783. The van der Waals surface area contributed by atoms with Crippen LogP contribution in [0.5, 0.6) is 0 Å². The van der Waals surface area contributed by atoms with Crippen molar-refractivity contribution in [1.29, 1.82) is 0 Å². The van der Waals surface area contributed by atoms with Gasteiger partial charge in [0.2, 0.25) is 17.7 Å². The first-order valence-corrected chi connectivity index (χ1v) is 12.1. The summed E-state index contributed by atoms with van der Waals surface area (Å²) in [6.45, 7) is 6.67. The number of carbonyl (C=O) groups is 3. The molecule has 3 fully saturated rings. The second-order valence-corrected chi connectivity index (χ2v) is 11.0. The van der Waals surface area contributed by atoms with Crippen molar-refractivity contribution in [2.45, 2.75) is 83.1 Å². The molecule has 11 nitrogen and oxygen atoms in total. The molecule has 11 heteroatoms. The molecule has 34 heavy (non-hydrogen) atoms. The third kappa shape index (κ3) is 5.57. The number of ether oxygens (including phenoxy) is 1. The lowest BCUT2D eigenvalue weighted by atomic mass is 9.85. The van der Waals surface area contributed by atoms with Crippen LogP contribution in [-0.2, 0) is 19.1 Å². The summed E-state index contributed by atoms with van der Waals surface area (Å²) in [6.07, 6.45) is 4.11. The number of aromatic nitrogens is 3. The lowest BCUT2D eigenvalue weighted by Gasteiger charge is -2.34. The van der Waals surface area contributed by atoms with E-state index in [2.05, 4.69) is 15.6 Å². The molecular formula is C23H36N6O5. The summed E-state index contributed by atoms with van der Waals surface area (Å²) in [5, 5.41) is 21.7. The van der Waals surface area contributed by atoms with Gasteiger partial charge in [-0.05, 0) is 30.6 Å². The van der Waals surface area contributed by atoms with Crippen molar-refractivity contribution in [3.63, 3.8) is 0 Å². The maximum atomic E-state index is 13.7. The highest BCUT2D eigenvalue weighted by Gasteiger charge is 2.45. The maximum Gasteiger partial charge on any atom is 0.248 e. The molecule has 0 bridgehead atoms. The zero-order chi connectivity index (χ0) is 24.6. The van der Waals surface area contributed by atoms with Crippen LogP contribution in [0.1, 0.15) is 70.5 Å². The third-order valence-corrected chi connectivity index (χ3v) is 6.86. The van der Waals surface area contributed by atoms with Gasteiger partial charge in [-0.2, -0.15) is 0 Å². The van der Waals surface area contributed by atoms with Gasteiger partial charge >= 0.3 is 0 Å². The first-order valence-electron chi connectivity index (χ1n) is 12.1. The molecule has 5 atom stereocenters. The lowest BCUT2D eigenvalue weighted by molar-refractivity contribution is -0.144. The van der Waals surface area contributed by atoms with Gasteiger partial charge in [-0.1, -0.05) is 26.0 Å². The fourth-order valence-corrected chi connectivity index (χ4v) is 5.01. The number of nitrogens with one attached hydrogen (secondary N) is 1. The van der Waals surface area contributed by atoms with Crippen molar-refractivity contribution in [3.8, 4) is 0 Å². The fourth-order valence-electron chi connectivity index (χ4n) is 5.01. The first-order chi connectivity index (χ1) is 16.0. The SMILES string of the molecule is CC(C)(C)[C@@H](C(=O)N1C[C@H](O)C[C@H]1C(=O)NCC1CC(CC(N)=O)CO1)n1cc(C2CC2)nn1. The number of aliphatic hydroxyl groups excluding tert-OH is 1. The van der Waals surface area contributed by atoms with E-state index >= 15 is 0 Å². The highest BCUT2D eigenvalue weighted by Crippen LogP contribution is 2.40. The van der Waals surface area contributed by atoms with E-state index in [-0.39, 0.29) is 55.7 Å². The molecule has 3 amide bonds. The Balaban J connectivity index is 1.42. The topological polar surface area (TPSA) is 153 Å². The van der Waals surface area contributed by atoms with E-state index in [1.807, 2.05) is 27.0 Å². The van der Waals surface area contributed by atoms with E-state index in [0.29, 0.717) is 18.9 Å². The molecule has 2 aliphatic heterocycles. The van der Waals surface area contributed by atoms with E-state index < -0.39 is 23.6 Å². The quantitative estimate of drug-likeness (QED) is 0.481. The molecule has 0 spiro atoms. The van der Waals surface area contributed by atoms with Crippen LogP contribution in [0.2, 0.25) is 0 Å². The van der Waals surface area contributed by atoms with Crippen LogP contribution >= 0.6 is 0 Å². The van der Waals surface area contributed by atoms with Crippen molar-refractivity contribution in [3.05, 3.63) is 11.9 Å². The Morgan fingerprint density at radius 2 is 2.03 bits per heavy atom. The summed E-state index contributed by atoms with van der Waals surface area (Å²) in [6, 6.07) is -1.43. The summed E-state index contributed by atoms with van der Waals surface area (Å²) in [4.78, 5) is 39.4. The molecule has 3 aliphatic rings. The van der Waals surface area contributed by atoms with Gasteiger partial charge in [0, 0.05) is 38.0 Å². The molecule has 2 unspecified atom stereocenters. The second kappa shape index (κ2) is 9.61. The zero-order valence-electron chi connectivity index (χ0n) is 20.1. The molecule has 4 N–H and O–H groups in total. The molecular weight excluding hydrogens is 440 g/mol. The van der Waals surface area contributed by atoms with Crippen LogP contribution in [-0.4, -0.2) is 80.7 Å². The largest absolute Gasteiger partial charge is 0.391 e. The van der Waals surface area contributed by atoms with Gasteiger partial charge in [0.25, 0.3) is 0 Å². The van der Waals surface area contributed by atoms with Gasteiger partial charge in [-0.3, -0.25) is 14.4 Å². The summed E-state index contributed by atoms with van der Waals surface area (Å²) in [7, 11) is 0. The monoisotopic (exact) mass is 476 g/mol. The normalized spacial score (nSPS) is 28.2. The van der Waals surface area contributed by atoms with Gasteiger partial charge in [-0.15, -0.1) is 5.10 Å². The number of β-amino-alcohol motifs (C(OH)–C–C–N with tert-alkyl or cyclic N) is 1. The number of nitrogens with two attached hydrogens (primary N) is 1. The molecule has 3 heterocycles. The summed E-state index contributed by atoms with van der Waals surface area (Å²) < 4.78 is 7.28. The number of nitrogens with zero attached hydrogens (tertiary/aromatic N) is 4. The molecule has 1 aliphatic carbocycles. The molecule has 1 saturated carbocycles. The number of carbonyl (C=O) groups excluding carboxylic acids is 3. The predicted molar refractivity (Wildman–Crippen MR) is 121 cm³/mol. The average molecular weight is 477 g/mol. The molecule has 0 radical (unpaired) electrons. The number of rotatable bonds is 8.